The molecule has 5 nitrogen and oxygen atoms in total. The van der Waals surface area contributed by atoms with Gasteiger partial charge in [0.25, 0.3) is 5.56 Å². The van der Waals surface area contributed by atoms with Gasteiger partial charge < -0.3 is 4.74 Å². The molecule has 0 bridgehead atoms. The topological polar surface area (TPSA) is 57.0 Å². The van der Waals surface area contributed by atoms with Gasteiger partial charge in [-0.05, 0) is 24.3 Å². The maximum Gasteiger partial charge on any atom is 0.261 e. The predicted octanol–water partition coefficient (Wildman–Crippen LogP) is 2.46. The van der Waals surface area contributed by atoms with Gasteiger partial charge in [0, 0.05) is 25.2 Å². The Balaban J connectivity index is 1.92. The van der Waals surface area contributed by atoms with Gasteiger partial charge in [-0.2, -0.15) is 0 Å². The van der Waals surface area contributed by atoms with E-state index in [-0.39, 0.29) is 11.7 Å². The van der Waals surface area contributed by atoms with E-state index in [4.69, 9.17) is 4.74 Å². The molecular formula is C17H15N3O2. The molecule has 3 heterocycles. The number of aromatic nitrogens is 3. The van der Waals surface area contributed by atoms with Crippen LogP contribution in [-0.2, 0) is 11.8 Å². The molecule has 1 saturated heterocycles. The van der Waals surface area contributed by atoms with Crippen LogP contribution in [0, 0.1) is 0 Å². The summed E-state index contributed by atoms with van der Waals surface area (Å²) in [5.74, 6) is 0.696. The number of hydrogen-bond donors (Lipinski definition) is 0. The molecule has 0 spiro atoms. The van der Waals surface area contributed by atoms with Crippen LogP contribution in [0.1, 0.15) is 18.3 Å². The van der Waals surface area contributed by atoms with Crippen molar-refractivity contribution in [3.63, 3.8) is 0 Å². The van der Waals surface area contributed by atoms with Gasteiger partial charge in [-0.25, -0.2) is 4.98 Å². The number of hydrogen-bond acceptors (Lipinski definition) is 4. The summed E-state index contributed by atoms with van der Waals surface area (Å²) in [5.41, 5.74) is 2.47. The van der Waals surface area contributed by atoms with Gasteiger partial charge in [-0.15, -0.1) is 0 Å². The van der Waals surface area contributed by atoms with Gasteiger partial charge >= 0.3 is 0 Å². The van der Waals surface area contributed by atoms with E-state index in [0.717, 1.165) is 24.3 Å². The minimum absolute atomic E-state index is 0.0388. The van der Waals surface area contributed by atoms with E-state index in [1.165, 1.54) is 0 Å². The molecule has 5 heteroatoms. The summed E-state index contributed by atoms with van der Waals surface area (Å²) in [4.78, 5) is 21.5. The monoisotopic (exact) mass is 293 g/mol. The highest BCUT2D eigenvalue weighted by Gasteiger charge is 2.25. The van der Waals surface area contributed by atoms with E-state index < -0.39 is 0 Å². The number of pyridine rings is 1. The molecule has 1 fully saturated rings. The zero-order valence-corrected chi connectivity index (χ0v) is 12.2. The van der Waals surface area contributed by atoms with Crippen molar-refractivity contribution < 1.29 is 4.74 Å². The van der Waals surface area contributed by atoms with Crippen LogP contribution >= 0.6 is 0 Å². The Bertz CT molecular complexity index is 899. The Kier molecular flexibility index (Phi) is 3.01. The summed E-state index contributed by atoms with van der Waals surface area (Å²) in [6.07, 6.45) is 2.59. The number of benzene rings is 1. The van der Waals surface area contributed by atoms with Crippen molar-refractivity contribution >= 4 is 10.9 Å². The van der Waals surface area contributed by atoms with Gasteiger partial charge in [-0.3, -0.25) is 14.3 Å². The second-order valence-electron chi connectivity index (χ2n) is 5.43. The fourth-order valence-corrected chi connectivity index (χ4v) is 2.71. The number of ether oxygens (including phenoxy) is 1. The lowest BCUT2D eigenvalue weighted by atomic mass is 10.1. The van der Waals surface area contributed by atoms with Crippen molar-refractivity contribution in [2.24, 2.45) is 7.05 Å². The lowest BCUT2D eigenvalue weighted by Gasteiger charge is -2.27. The fraction of sp³-hybridized carbons (Fsp3) is 0.235. The molecule has 1 unspecified atom stereocenters. The van der Waals surface area contributed by atoms with Crippen molar-refractivity contribution in [3.05, 3.63) is 58.8 Å². The summed E-state index contributed by atoms with van der Waals surface area (Å²) >= 11 is 0. The zero-order valence-electron chi connectivity index (χ0n) is 12.2. The van der Waals surface area contributed by atoms with E-state index >= 15 is 0 Å². The maximum absolute atomic E-state index is 12.5. The van der Waals surface area contributed by atoms with Crippen molar-refractivity contribution in [1.82, 2.24) is 14.5 Å². The average Bonchev–Trinajstić information content (AvgIpc) is 2.51. The molecule has 0 N–H and O–H groups in total. The third kappa shape index (κ3) is 2.02. The third-order valence-electron chi connectivity index (χ3n) is 4.06. The molecule has 0 saturated carbocycles. The Hall–Kier alpha value is -2.53. The second-order valence-corrected chi connectivity index (χ2v) is 5.43. The number of nitrogens with zero attached hydrogens (tertiary/aromatic N) is 3. The molecule has 1 aliphatic rings. The van der Waals surface area contributed by atoms with E-state index in [2.05, 4.69) is 9.97 Å². The average molecular weight is 293 g/mol. The summed E-state index contributed by atoms with van der Waals surface area (Å²) in [6.45, 7) is 0.729. The summed E-state index contributed by atoms with van der Waals surface area (Å²) in [6, 6.07) is 11.4. The standard InChI is InChI=1S/C17H15N3O2/c1-20-16(15-7-9-22-15)19-14-10-11(5-6-12(14)17(20)21)13-4-2-3-8-18-13/h2-6,8,10,15H,7,9H2,1H3. The Labute approximate surface area is 127 Å². The highest BCUT2D eigenvalue weighted by atomic mass is 16.5. The first-order valence-electron chi connectivity index (χ1n) is 7.28. The highest BCUT2D eigenvalue weighted by molar-refractivity contribution is 5.83. The van der Waals surface area contributed by atoms with Gasteiger partial charge in [0.05, 0.1) is 23.2 Å². The lowest BCUT2D eigenvalue weighted by Crippen LogP contribution is -2.29. The maximum atomic E-state index is 12.5. The van der Waals surface area contributed by atoms with Gasteiger partial charge in [-0.1, -0.05) is 12.1 Å². The van der Waals surface area contributed by atoms with Crippen LogP contribution in [0.25, 0.3) is 22.2 Å². The molecule has 4 rings (SSSR count). The SMILES string of the molecule is Cn1c(C2CCO2)nc2cc(-c3ccccn3)ccc2c1=O. The molecule has 0 radical (unpaired) electrons. The van der Waals surface area contributed by atoms with Crippen molar-refractivity contribution in [1.29, 1.82) is 0 Å². The van der Waals surface area contributed by atoms with E-state index in [1.54, 1.807) is 17.8 Å². The predicted molar refractivity (Wildman–Crippen MR) is 83.5 cm³/mol. The van der Waals surface area contributed by atoms with Gasteiger partial charge in [0.2, 0.25) is 0 Å². The van der Waals surface area contributed by atoms with E-state index in [9.17, 15) is 4.79 Å². The van der Waals surface area contributed by atoms with Crippen molar-refractivity contribution in [2.75, 3.05) is 6.61 Å². The van der Waals surface area contributed by atoms with E-state index in [1.807, 2.05) is 36.4 Å². The van der Waals surface area contributed by atoms with Crippen molar-refractivity contribution in [3.8, 4) is 11.3 Å². The van der Waals surface area contributed by atoms with Crippen LogP contribution in [0.15, 0.2) is 47.4 Å². The van der Waals surface area contributed by atoms with Gasteiger partial charge in [0.1, 0.15) is 11.9 Å². The van der Waals surface area contributed by atoms with Crippen LogP contribution in [0.5, 0.6) is 0 Å². The van der Waals surface area contributed by atoms with Crippen LogP contribution in [-0.4, -0.2) is 21.1 Å². The first-order valence-corrected chi connectivity index (χ1v) is 7.28. The zero-order chi connectivity index (χ0) is 15.1. The van der Waals surface area contributed by atoms with Crippen LogP contribution in [0.3, 0.4) is 0 Å². The van der Waals surface area contributed by atoms with Crippen LogP contribution < -0.4 is 5.56 Å². The summed E-state index contributed by atoms with van der Waals surface area (Å²) in [5, 5.41) is 0.616. The largest absolute Gasteiger partial charge is 0.370 e. The first kappa shape index (κ1) is 13.2. The van der Waals surface area contributed by atoms with Crippen molar-refractivity contribution in [2.45, 2.75) is 12.5 Å². The Morgan fingerprint density at radius 1 is 1.27 bits per heavy atom. The minimum Gasteiger partial charge on any atom is -0.370 e. The number of rotatable bonds is 2. The van der Waals surface area contributed by atoms with E-state index in [0.29, 0.717) is 16.7 Å². The highest BCUT2D eigenvalue weighted by Crippen LogP contribution is 2.28. The second kappa shape index (κ2) is 5.03. The Morgan fingerprint density at radius 2 is 2.14 bits per heavy atom. The van der Waals surface area contributed by atoms with Gasteiger partial charge in [0.15, 0.2) is 0 Å². The fourth-order valence-electron chi connectivity index (χ4n) is 2.71. The molecule has 1 atom stereocenters. The molecule has 0 amide bonds. The minimum atomic E-state index is -0.0689. The first-order chi connectivity index (χ1) is 10.7. The molecule has 1 aliphatic heterocycles. The normalized spacial score (nSPS) is 17.4. The molecule has 3 aromatic rings. The Morgan fingerprint density at radius 3 is 2.82 bits per heavy atom. The molecule has 2 aromatic heterocycles. The lowest BCUT2D eigenvalue weighted by molar-refractivity contribution is -0.0599. The van der Waals surface area contributed by atoms with Crippen LogP contribution in [0.4, 0.5) is 0 Å². The third-order valence-corrected chi connectivity index (χ3v) is 4.06. The molecule has 110 valence electrons. The molecule has 22 heavy (non-hydrogen) atoms. The quantitative estimate of drug-likeness (QED) is 0.728. The molecular weight excluding hydrogens is 278 g/mol. The molecule has 1 aromatic carbocycles. The number of fused-ring (bicyclic) bond motifs is 1. The van der Waals surface area contributed by atoms with Crippen LogP contribution in [0.2, 0.25) is 0 Å². The summed E-state index contributed by atoms with van der Waals surface area (Å²) < 4.78 is 7.07. The summed E-state index contributed by atoms with van der Waals surface area (Å²) in [7, 11) is 1.75. The molecule has 0 aliphatic carbocycles. The smallest absolute Gasteiger partial charge is 0.261 e.